The van der Waals surface area contributed by atoms with E-state index in [9.17, 15) is 4.79 Å². The summed E-state index contributed by atoms with van der Waals surface area (Å²) in [6.45, 7) is 2.59. The maximum atomic E-state index is 12.1. The molecular weight excluding hydrogens is 188 g/mol. The Hall–Kier alpha value is -0.370. The van der Waals surface area contributed by atoms with Gasteiger partial charge in [-0.15, -0.1) is 0 Å². The average molecular weight is 206 g/mol. The highest BCUT2D eigenvalue weighted by Gasteiger charge is 2.69. The van der Waals surface area contributed by atoms with Crippen molar-refractivity contribution in [3.05, 3.63) is 0 Å². The Kier molecular flexibility index (Phi) is 1.35. The fraction of sp³-hybridized carbons (Fsp3) is 0.923. The van der Waals surface area contributed by atoms with E-state index in [0.717, 1.165) is 11.8 Å². The zero-order chi connectivity index (χ0) is 10.3. The van der Waals surface area contributed by atoms with Crippen LogP contribution in [-0.4, -0.2) is 18.0 Å². The maximum Gasteiger partial charge on any atom is 0.167 e. The summed E-state index contributed by atoms with van der Waals surface area (Å²) in [7, 11) is 0. The molecule has 4 bridgehead atoms. The summed E-state index contributed by atoms with van der Waals surface area (Å²) in [6, 6.07) is 0. The average Bonchev–Trinajstić information content (AvgIpc) is 2.43. The van der Waals surface area contributed by atoms with E-state index in [-0.39, 0.29) is 11.0 Å². The van der Waals surface area contributed by atoms with Crippen LogP contribution in [0.2, 0.25) is 0 Å². The number of rotatable bonds is 0. The van der Waals surface area contributed by atoms with Gasteiger partial charge in [-0.3, -0.25) is 4.79 Å². The van der Waals surface area contributed by atoms with Crippen molar-refractivity contribution in [1.29, 1.82) is 0 Å². The van der Waals surface area contributed by atoms with Crippen molar-refractivity contribution in [2.75, 3.05) is 6.61 Å². The Balaban J connectivity index is 1.89. The standard InChI is InChI=1S/C13H18O2/c1-12-10-3-8-2-9(4-10)6-13(12,5-8)15-7-11(12)14/h8-10H,2-7H2,1H3. The first-order chi connectivity index (χ1) is 7.14. The largest absolute Gasteiger partial charge is 0.366 e. The first-order valence-electron chi connectivity index (χ1n) is 6.31. The molecule has 1 aliphatic heterocycles. The Bertz CT molecular complexity index is 334. The van der Waals surface area contributed by atoms with Crippen LogP contribution < -0.4 is 0 Å². The number of hydrogen-bond donors (Lipinski definition) is 0. The predicted octanol–water partition coefficient (Wildman–Crippen LogP) is 2.17. The third-order valence-corrected chi connectivity index (χ3v) is 5.96. The quantitative estimate of drug-likeness (QED) is 0.607. The number of ketones is 1. The van der Waals surface area contributed by atoms with Crippen LogP contribution in [0.4, 0.5) is 0 Å². The number of Topliss-reactive ketones (excluding diaryl/α,β-unsaturated/α-hetero) is 1. The lowest BCUT2D eigenvalue weighted by Crippen LogP contribution is -2.63. The molecule has 0 radical (unpaired) electrons. The first-order valence-corrected chi connectivity index (χ1v) is 6.31. The van der Waals surface area contributed by atoms with E-state index in [1.807, 2.05) is 0 Å². The van der Waals surface area contributed by atoms with Crippen molar-refractivity contribution in [3.8, 4) is 0 Å². The Morgan fingerprint density at radius 2 is 1.87 bits per heavy atom. The molecule has 82 valence electrons. The maximum absolute atomic E-state index is 12.1. The van der Waals surface area contributed by atoms with Crippen LogP contribution in [-0.2, 0) is 9.53 Å². The van der Waals surface area contributed by atoms with Crippen LogP contribution in [0, 0.1) is 23.2 Å². The van der Waals surface area contributed by atoms with Gasteiger partial charge < -0.3 is 4.74 Å². The lowest BCUT2D eigenvalue weighted by Gasteiger charge is -2.62. The lowest BCUT2D eigenvalue weighted by molar-refractivity contribution is -0.197. The number of carbonyl (C=O) groups is 1. The molecule has 4 aliphatic carbocycles. The van der Waals surface area contributed by atoms with Gasteiger partial charge in [-0.2, -0.15) is 0 Å². The summed E-state index contributed by atoms with van der Waals surface area (Å²) in [4.78, 5) is 12.1. The summed E-state index contributed by atoms with van der Waals surface area (Å²) in [5, 5.41) is 0. The van der Waals surface area contributed by atoms with Crippen LogP contribution >= 0.6 is 0 Å². The lowest BCUT2D eigenvalue weighted by atomic mass is 9.43. The van der Waals surface area contributed by atoms with E-state index in [1.165, 1.54) is 32.1 Å². The van der Waals surface area contributed by atoms with E-state index in [2.05, 4.69) is 6.92 Å². The molecule has 1 spiro atoms. The highest BCUT2D eigenvalue weighted by molar-refractivity contribution is 5.89. The predicted molar refractivity (Wildman–Crippen MR) is 55.4 cm³/mol. The topological polar surface area (TPSA) is 26.3 Å². The molecule has 1 saturated heterocycles. The molecule has 0 aromatic heterocycles. The van der Waals surface area contributed by atoms with Crippen molar-refractivity contribution in [2.45, 2.75) is 44.6 Å². The van der Waals surface area contributed by atoms with Crippen molar-refractivity contribution in [3.63, 3.8) is 0 Å². The third kappa shape index (κ3) is 0.780. The molecule has 1 heterocycles. The SMILES string of the molecule is CC12C(=O)COC13CC1CC(CC2C1)C3. The zero-order valence-corrected chi connectivity index (χ0v) is 9.29. The van der Waals surface area contributed by atoms with Gasteiger partial charge in [0, 0.05) is 0 Å². The molecule has 0 aromatic carbocycles. The molecule has 3 unspecified atom stereocenters. The summed E-state index contributed by atoms with van der Waals surface area (Å²) in [5.74, 6) is 2.76. The van der Waals surface area contributed by atoms with Gasteiger partial charge in [-0.05, 0) is 56.8 Å². The van der Waals surface area contributed by atoms with E-state index >= 15 is 0 Å². The van der Waals surface area contributed by atoms with Crippen LogP contribution in [0.25, 0.3) is 0 Å². The van der Waals surface area contributed by atoms with Crippen molar-refractivity contribution < 1.29 is 9.53 Å². The monoisotopic (exact) mass is 206 g/mol. The molecule has 5 aliphatic rings. The summed E-state index contributed by atoms with van der Waals surface area (Å²) < 4.78 is 5.98. The number of carbonyl (C=O) groups excluding carboxylic acids is 1. The molecule has 2 heteroatoms. The van der Waals surface area contributed by atoms with Gasteiger partial charge >= 0.3 is 0 Å². The molecule has 5 fully saturated rings. The molecule has 5 rings (SSSR count). The Morgan fingerprint density at radius 1 is 1.20 bits per heavy atom. The summed E-state index contributed by atoms with van der Waals surface area (Å²) >= 11 is 0. The molecule has 15 heavy (non-hydrogen) atoms. The number of hydrogen-bond acceptors (Lipinski definition) is 2. The zero-order valence-electron chi connectivity index (χ0n) is 9.29. The molecule has 3 atom stereocenters. The van der Waals surface area contributed by atoms with Gasteiger partial charge in [0.15, 0.2) is 5.78 Å². The van der Waals surface area contributed by atoms with E-state index in [0.29, 0.717) is 18.3 Å². The molecule has 0 amide bonds. The highest BCUT2D eigenvalue weighted by atomic mass is 16.5. The highest BCUT2D eigenvalue weighted by Crippen LogP contribution is 2.67. The van der Waals surface area contributed by atoms with Crippen LogP contribution in [0.15, 0.2) is 0 Å². The smallest absolute Gasteiger partial charge is 0.167 e. The molecule has 0 N–H and O–H groups in total. The van der Waals surface area contributed by atoms with E-state index in [4.69, 9.17) is 4.74 Å². The van der Waals surface area contributed by atoms with Gasteiger partial charge in [-0.25, -0.2) is 0 Å². The third-order valence-electron chi connectivity index (χ3n) is 5.96. The summed E-state index contributed by atoms with van der Waals surface area (Å²) in [6.07, 6.45) is 6.34. The van der Waals surface area contributed by atoms with Crippen LogP contribution in [0.5, 0.6) is 0 Å². The minimum atomic E-state index is -0.111. The molecule has 2 nitrogen and oxygen atoms in total. The second-order valence-electron chi connectivity index (χ2n) is 6.45. The molecular formula is C13H18O2. The Labute approximate surface area is 90.4 Å². The number of ether oxygens (including phenoxy) is 1. The van der Waals surface area contributed by atoms with Crippen molar-refractivity contribution in [1.82, 2.24) is 0 Å². The minimum absolute atomic E-state index is 0.0289. The van der Waals surface area contributed by atoms with Crippen molar-refractivity contribution >= 4 is 5.78 Å². The van der Waals surface area contributed by atoms with Gasteiger partial charge in [-0.1, -0.05) is 0 Å². The van der Waals surface area contributed by atoms with Crippen LogP contribution in [0.3, 0.4) is 0 Å². The second kappa shape index (κ2) is 2.32. The summed E-state index contributed by atoms with van der Waals surface area (Å²) in [5.41, 5.74) is -0.140. The Morgan fingerprint density at radius 3 is 2.53 bits per heavy atom. The van der Waals surface area contributed by atoms with Gasteiger partial charge in [0.25, 0.3) is 0 Å². The van der Waals surface area contributed by atoms with E-state index < -0.39 is 0 Å². The first kappa shape index (κ1) is 8.74. The molecule has 0 aromatic rings. The van der Waals surface area contributed by atoms with Crippen LogP contribution in [0.1, 0.15) is 39.0 Å². The van der Waals surface area contributed by atoms with Gasteiger partial charge in [0.2, 0.25) is 0 Å². The molecule has 4 saturated carbocycles. The van der Waals surface area contributed by atoms with Crippen molar-refractivity contribution in [2.24, 2.45) is 23.2 Å². The fourth-order valence-electron chi connectivity index (χ4n) is 5.28. The van der Waals surface area contributed by atoms with E-state index in [1.54, 1.807) is 0 Å². The minimum Gasteiger partial charge on any atom is -0.366 e. The fourth-order valence-corrected chi connectivity index (χ4v) is 5.28. The second-order valence-corrected chi connectivity index (χ2v) is 6.45. The van der Waals surface area contributed by atoms with Gasteiger partial charge in [0.05, 0.1) is 11.0 Å². The normalized spacial score (nSPS) is 61.1. The van der Waals surface area contributed by atoms with Gasteiger partial charge in [0.1, 0.15) is 6.61 Å².